The van der Waals surface area contributed by atoms with E-state index in [2.05, 4.69) is 18.2 Å². The van der Waals surface area contributed by atoms with Crippen LogP contribution in [0.1, 0.15) is 53.4 Å². The summed E-state index contributed by atoms with van der Waals surface area (Å²) in [6.07, 6.45) is 6.18. The van der Waals surface area contributed by atoms with E-state index in [4.69, 9.17) is 63.2 Å². The molecule has 8 aliphatic heterocycles. The summed E-state index contributed by atoms with van der Waals surface area (Å²) >= 11 is 11.0. The fourth-order valence-corrected chi connectivity index (χ4v) is 13.3. The number of alkyl halides is 2. The molecule has 0 aliphatic carbocycles. The molecule has 22 heteroatoms. The monoisotopic (exact) mass is 864 g/mol. The SMILES string of the molecule is CC12C=CC(CC1C#N)O2.CC12C=CC(O1)C(C#N)C2.CC12CC(C#N)C(O1)C(S(F)(F)(F)(F)F)C2Cl.CC12OC(CC1C#N)C(S(F)(F)(F)(F)F)C2Cl. The minimum atomic E-state index is -9.77. The van der Waals surface area contributed by atoms with Gasteiger partial charge >= 0.3 is 0 Å². The van der Waals surface area contributed by atoms with E-state index in [0.29, 0.717) is 0 Å². The Morgan fingerprint density at radius 1 is 0.630 bits per heavy atom. The van der Waals surface area contributed by atoms with Crippen molar-refractivity contribution in [3.8, 4) is 24.3 Å². The highest BCUT2D eigenvalue weighted by Crippen LogP contribution is 3.03. The molecular formula is C32H36Cl2F10N4O4S2. The average Bonchev–Trinajstić information content (AvgIpc) is 3.87. The highest BCUT2D eigenvalue weighted by molar-refractivity contribution is 8.46. The number of halogens is 12. The molecule has 0 saturated carbocycles. The molecule has 0 N–H and O–H groups in total. The maximum absolute atomic E-state index is 12.8. The maximum Gasteiger partial charge on any atom is 0.292 e. The first-order valence-corrected chi connectivity index (χ1v) is 21.4. The Hall–Kier alpha value is -2.14. The summed E-state index contributed by atoms with van der Waals surface area (Å²) < 4.78 is 149. The maximum atomic E-state index is 12.8. The number of ether oxygens (including phenoxy) is 4. The first-order valence-electron chi connectivity index (χ1n) is 16.5. The molecule has 8 aliphatic rings. The van der Waals surface area contributed by atoms with Gasteiger partial charge in [0.2, 0.25) is 0 Å². The van der Waals surface area contributed by atoms with Gasteiger partial charge < -0.3 is 18.9 Å². The van der Waals surface area contributed by atoms with Crippen molar-refractivity contribution >= 4 is 43.6 Å². The molecule has 54 heavy (non-hydrogen) atoms. The quantitative estimate of drug-likeness (QED) is 0.152. The topological polar surface area (TPSA) is 132 Å². The van der Waals surface area contributed by atoms with Crippen LogP contribution in [0.3, 0.4) is 0 Å². The van der Waals surface area contributed by atoms with Crippen molar-refractivity contribution in [3.05, 3.63) is 24.3 Å². The van der Waals surface area contributed by atoms with Crippen LogP contribution in [0, 0.1) is 69.0 Å². The summed E-state index contributed by atoms with van der Waals surface area (Å²) in [7, 11) is -19.5. The van der Waals surface area contributed by atoms with Crippen LogP contribution >= 0.6 is 43.6 Å². The number of nitrogens with zero attached hydrogens (tertiary/aromatic N) is 4. The minimum absolute atomic E-state index is 0.0489. The zero-order valence-corrected chi connectivity index (χ0v) is 32.0. The van der Waals surface area contributed by atoms with Gasteiger partial charge in [-0.1, -0.05) is 63.2 Å². The van der Waals surface area contributed by atoms with Gasteiger partial charge in [-0.05, 0) is 53.4 Å². The van der Waals surface area contributed by atoms with Gasteiger partial charge in [0.05, 0.1) is 99.9 Å². The van der Waals surface area contributed by atoms with Crippen LogP contribution in [0.25, 0.3) is 0 Å². The number of nitriles is 4. The smallest absolute Gasteiger partial charge is 0.292 e. The summed E-state index contributed by atoms with van der Waals surface area (Å²) in [6.45, 7) is 6.42. The Bertz CT molecular complexity index is 1820. The molecule has 6 saturated heterocycles. The molecule has 0 radical (unpaired) electrons. The lowest BCUT2D eigenvalue weighted by Crippen LogP contribution is -2.49. The molecule has 304 valence electrons. The van der Waals surface area contributed by atoms with Gasteiger partial charge in [0.25, 0.3) is 20.4 Å². The first kappa shape index (κ1) is 43.0. The van der Waals surface area contributed by atoms with Crippen molar-refractivity contribution in [3.63, 3.8) is 0 Å². The predicted molar refractivity (Wildman–Crippen MR) is 179 cm³/mol. The van der Waals surface area contributed by atoms with Crippen molar-refractivity contribution in [2.24, 2.45) is 23.7 Å². The van der Waals surface area contributed by atoms with Gasteiger partial charge in [-0.3, -0.25) is 0 Å². The number of hydrogen-bond donors (Lipinski definition) is 0. The summed E-state index contributed by atoms with van der Waals surface area (Å²) in [6, 6.07) is 7.84. The predicted octanol–water partition coefficient (Wildman–Crippen LogP) is 10.4. The molecule has 16 unspecified atom stereocenters. The normalized spacial score (nSPS) is 49.6. The van der Waals surface area contributed by atoms with Crippen LogP contribution < -0.4 is 0 Å². The Morgan fingerprint density at radius 3 is 1.54 bits per heavy atom. The summed E-state index contributed by atoms with van der Waals surface area (Å²) in [5.74, 6) is -1.91. The molecule has 8 nitrogen and oxygen atoms in total. The third-order valence-corrected chi connectivity index (χ3v) is 16.2. The summed E-state index contributed by atoms with van der Waals surface area (Å²) in [5.41, 5.74) is -3.54. The van der Waals surface area contributed by atoms with E-state index in [-0.39, 0.29) is 48.1 Å². The highest BCUT2D eigenvalue weighted by Gasteiger charge is 2.82. The van der Waals surface area contributed by atoms with E-state index in [1.54, 1.807) is 12.1 Å². The van der Waals surface area contributed by atoms with E-state index in [9.17, 15) is 38.9 Å². The molecule has 0 amide bonds. The third kappa shape index (κ3) is 7.76. The second kappa shape index (κ2) is 11.7. The second-order valence-corrected chi connectivity index (χ2v) is 21.8. The third-order valence-electron chi connectivity index (χ3n) is 11.3. The van der Waals surface area contributed by atoms with Crippen molar-refractivity contribution in [2.75, 3.05) is 0 Å². The average molecular weight is 866 g/mol. The molecular weight excluding hydrogens is 829 g/mol. The molecule has 8 bridgehead atoms. The molecule has 16 atom stereocenters. The van der Waals surface area contributed by atoms with Crippen LogP contribution in [-0.2, 0) is 18.9 Å². The van der Waals surface area contributed by atoms with Gasteiger partial charge in [0.1, 0.15) is 16.1 Å². The fraction of sp³-hybridized carbons (Fsp3) is 0.750. The van der Waals surface area contributed by atoms with Crippen LogP contribution in [0.4, 0.5) is 38.9 Å². The number of fused-ring (bicyclic) bond motifs is 8. The Morgan fingerprint density at radius 2 is 1.20 bits per heavy atom. The summed E-state index contributed by atoms with van der Waals surface area (Å²) in [5, 5.41) is 24.9. The van der Waals surface area contributed by atoms with Gasteiger partial charge in [0, 0.05) is 0 Å². The molecule has 8 heterocycles. The summed E-state index contributed by atoms with van der Waals surface area (Å²) in [4.78, 5) is 0. The van der Waals surface area contributed by atoms with Gasteiger partial charge in [-0.25, -0.2) is 0 Å². The van der Waals surface area contributed by atoms with Crippen molar-refractivity contribution < 1.29 is 57.8 Å². The van der Waals surface area contributed by atoms with E-state index < -0.39 is 76.9 Å². The van der Waals surface area contributed by atoms with Gasteiger partial charge in [0.15, 0.2) is 0 Å². The second-order valence-electron chi connectivity index (χ2n) is 15.7. The highest BCUT2D eigenvalue weighted by atomic mass is 35.5. The molecule has 0 aromatic carbocycles. The lowest BCUT2D eigenvalue weighted by molar-refractivity contribution is 0.0181. The Balaban J connectivity index is 0.000000142. The Kier molecular flexibility index (Phi) is 9.33. The lowest BCUT2D eigenvalue weighted by atomic mass is 9.80. The van der Waals surface area contributed by atoms with Gasteiger partial charge in [-0.15, -0.1) is 23.2 Å². The molecule has 8 rings (SSSR count). The fourth-order valence-electron chi connectivity index (χ4n) is 8.54. The first-order chi connectivity index (χ1) is 24.1. The van der Waals surface area contributed by atoms with E-state index >= 15 is 0 Å². The largest absolute Gasteiger partial charge is 0.367 e. The zero-order chi connectivity index (χ0) is 41.1. The van der Waals surface area contributed by atoms with Crippen LogP contribution in [0.5, 0.6) is 0 Å². The Labute approximate surface area is 315 Å². The van der Waals surface area contributed by atoms with E-state index in [1.807, 2.05) is 32.1 Å². The van der Waals surface area contributed by atoms with E-state index in [0.717, 1.165) is 12.8 Å². The zero-order valence-electron chi connectivity index (χ0n) is 28.8. The number of rotatable bonds is 2. The molecule has 0 aromatic heterocycles. The minimum Gasteiger partial charge on any atom is -0.367 e. The van der Waals surface area contributed by atoms with Crippen LogP contribution in [0.2, 0.25) is 0 Å². The number of hydrogen-bond acceptors (Lipinski definition) is 8. The standard InChI is InChI=1S/2C8H9ClF5NOS.2C8H9NO/c1-8-2-4(3-15)5(16-8)6(7(8)9)17(10,11,12,13)14;1-8-4(3-15)2-5(16-8)6(7(8)9)17(10,11,12,13)14;1-8-3-2-7(10-8)6(4-8)5-9;1-8-3-2-7(10-8)4-6(8)5-9/h2*4-7H,2H2,1H3;2*2-3,6-7H,4H2,1H3. The van der Waals surface area contributed by atoms with Crippen LogP contribution in [0.15, 0.2) is 24.3 Å². The van der Waals surface area contributed by atoms with Crippen molar-refractivity contribution in [1.82, 2.24) is 0 Å². The van der Waals surface area contributed by atoms with Crippen molar-refractivity contribution in [2.45, 2.75) is 121 Å². The molecule has 0 spiro atoms. The van der Waals surface area contributed by atoms with E-state index in [1.165, 1.54) is 13.8 Å². The van der Waals surface area contributed by atoms with Gasteiger partial charge in [-0.2, -0.15) is 21.0 Å². The lowest BCUT2D eigenvalue weighted by Gasteiger charge is -2.50. The van der Waals surface area contributed by atoms with Crippen molar-refractivity contribution in [1.29, 1.82) is 21.0 Å². The van der Waals surface area contributed by atoms with Crippen LogP contribution in [-0.4, -0.2) is 68.1 Å². The molecule has 6 fully saturated rings. The molecule has 0 aromatic rings.